The molecule has 8 aliphatic rings. The first kappa shape index (κ1) is 29.1. The second-order valence-electron chi connectivity index (χ2n) is 15.3. The summed E-state index contributed by atoms with van der Waals surface area (Å²) in [6.07, 6.45) is 4.10. The molecule has 2 aliphatic carbocycles. The topological polar surface area (TPSA) is 113 Å². The van der Waals surface area contributed by atoms with E-state index < -0.39 is 41.5 Å². The number of hydrogen-bond acceptors (Lipinski definition) is 9. The van der Waals surface area contributed by atoms with Crippen LogP contribution in [0.15, 0.2) is 0 Å². The van der Waals surface area contributed by atoms with Gasteiger partial charge in [-0.05, 0) is 93.8 Å². The summed E-state index contributed by atoms with van der Waals surface area (Å²) in [5.74, 6) is -1.46. The Labute approximate surface area is 243 Å². The Morgan fingerprint density at radius 2 is 1.41 bits per heavy atom. The van der Waals surface area contributed by atoms with Gasteiger partial charge in [-0.3, -0.25) is 4.79 Å². The zero-order valence-electron chi connectivity index (χ0n) is 25.5. The second-order valence-corrected chi connectivity index (χ2v) is 15.3. The summed E-state index contributed by atoms with van der Waals surface area (Å²) >= 11 is 0. The molecule has 0 aromatic rings. The Morgan fingerprint density at radius 3 is 2.17 bits per heavy atom. The molecule has 232 valence electrons. The van der Waals surface area contributed by atoms with Gasteiger partial charge in [0.2, 0.25) is 5.79 Å². The van der Waals surface area contributed by atoms with E-state index in [9.17, 15) is 15.0 Å². The maximum atomic E-state index is 14.1. The van der Waals surface area contributed by atoms with Crippen LogP contribution >= 0.6 is 0 Å². The molecule has 0 aromatic heterocycles. The van der Waals surface area contributed by atoms with Crippen LogP contribution in [0.1, 0.15) is 99.3 Å². The maximum Gasteiger partial charge on any atom is 0.201 e. The molecule has 0 radical (unpaired) electrons. The van der Waals surface area contributed by atoms with E-state index >= 15 is 0 Å². The number of hydrogen-bond donors (Lipinski definition) is 2. The Bertz CT molecular complexity index is 1050. The third-order valence-electron chi connectivity index (χ3n) is 12.9. The largest absolute Gasteiger partial charge is 0.384 e. The van der Waals surface area contributed by atoms with Crippen LogP contribution in [0.3, 0.4) is 0 Å². The number of ether oxygens (including phenoxy) is 4. The summed E-state index contributed by atoms with van der Waals surface area (Å²) in [5, 5.41) is 23.2. The lowest BCUT2D eigenvalue weighted by atomic mass is 9.56. The van der Waals surface area contributed by atoms with Crippen molar-refractivity contribution in [3.63, 3.8) is 0 Å². The quantitative estimate of drug-likeness (QED) is 0.469. The van der Waals surface area contributed by atoms with Gasteiger partial charge in [0.1, 0.15) is 11.7 Å². The Morgan fingerprint density at radius 1 is 0.732 bits per heavy atom. The predicted octanol–water partition coefficient (Wildman–Crippen LogP) is 4.47. The Kier molecular flexibility index (Phi) is 6.86. The number of rotatable bonds is 3. The fourth-order valence-electron chi connectivity index (χ4n) is 10.5. The molecule has 2 saturated carbocycles. The van der Waals surface area contributed by atoms with Crippen molar-refractivity contribution >= 4 is 5.78 Å². The molecule has 8 fully saturated rings. The molecule has 8 rings (SSSR count). The molecule has 0 amide bonds. The van der Waals surface area contributed by atoms with E-state index in [1.807, 2.05) is 13.8 Å². The van der Waals surface area contributed by atoms with Crippen molar-refractivity contribution in [2.45, 2.75) is 147 Å². The lowest BCUT2D eigenvalue weighted by Gasteiger charge is -2.60. The molecule has 6 aliphatic heterocycles. The molecular weight excluding hydrogens is 528 g/mol. The zero-order valence-corrected chi connectivity index (χ0v) is 25.5. The first-order chi connectivity index (χ1) is 19.3. The summed E-state index contributed by atoms with van der Waals surface area (Å²) < 4.78 is 25.7. The number of aliphatic hydroxyl groups is 2. The molecule has 41 heavy (non-hydrogen) atoms. The molecule has 9 heteroatoms. The summed E-state index contributed by atoms with van der Waals surface area (Å²) in [4.78, 5) is 26.4. The minimum Gasteiger partial charge on any atom is -0.384 e. The highest BCUT2D eigenvalue weighted by Crippen LogP contribution is 2.61. The molecule has 2 unspecified atom stereocenters. The van der Waals surface area contributed by atoms with E-state index in [0.29, 0.717) is 18.8 Å². The van der Waals surface area contributed by atoms with E-state index in [1.165, 1.54) is 0 Å². The highest BCUT2D eigenvalue weighted by atomic mass is 17.3. The van der Waals surface area contributed by atoms with E-state index in [4.69, 9.17) is 28.7 Å². The normalized spacial score (nSPS) is 59.9. The van der Waals surface area contributed by atoms with Gasteiger partial charge < -0.3 is 29.2 Å². The first-order valence-electron chi connectivity index (χ1n) is 16.3. The van der Waals surface area contributed by atoms with Crippen LogP contribution in [0, 0.1) is 47.3 Å². The molecule has 9 nitrogen and oxygen atoms in total. The fraction of sp³-hybridized carbons (Fsp3) is 0.969. The van der Waals surface area contributed by atoms with Crippen LogP contribution in [0.2, 0.25) is 0 Å². The minimum absolute atomic E-state index is 0.0436. The van der Waals surface area contributed by atoms with Gasteiger partial charge in [-0.15, -0.1) is 0 Å². The van der Waals surface area contributed by atoms with Gasteiger partial charge in [0.05, 0.1) is 6.10 Å². The zero-order chi connectivity index (χ0) is 29.1. The standard InChI is InChI=1S/C32H50O9/c1-16-7-9-22-19(4)26(37-27-31(22,35)20(16)11-13-29(5,34)38-27)24(33)15-25-18(3)23-10-8-17(2)21-12-14-30(6)39-28(36-25)32(21,23)41-40-30/h16-23,25-28,34-35H,7-15H2,1-6H3/t16-,17-,18-,19-,20?,21?,22+,23+,25-,26+,27-,28-,29+,30-,31-,32-/m1/s1. The van der Waals surface area contributed by atoms with Crippen molar-refractivity contribution in [2.75, 3.05) is 0 Å². The van der Waals surface area contributed by atoms with Crippen LogP contribution in [0.4, 0.5) is 0 Å². The number of ketones is 1. The van der Waals surface area contributed by atoms with Gasteiger partial charge in [0.15, 0.2) is 29.8 Å². The average molecular weight is 579 g/mol. The Hall–Kier alpha value is -0.650. The highest BCUT2D eigenvalue weighted by Gasteiger charge is 2.70. The third-order valence-corrected chi connectivity index (χ3v) is 12.9. The number of fused-ring (bicyclic) bond motifs is 2. The summed E-state index contributed by atoms with van der Waals surface area (Å²) in [6, 6.07) is 0. The minimum atomic E-state index is -1.42. The van der Waals surface area contributed by atoms with Gasteiger partial charge in [-0.2, -0.15) is 0 Å². The predicted molar refractivity (Wildman–Crippen MR) is 146 cm³/mol. The second kappa shape index (κ2) is 9.67. The molecule has 2 N–H and O–H groups in total. The van der Waals surface area contributed by atoms with Crippen molar-refractivity contribution < 1.29 is 43.7 Å². The number of carbonyl (C=O) groups is 1. The molecule has 0 aromatic carbocycles. The van der Waals surface area contributed by atoms with Gasteiger partial charge in [-0.1, -0.05) is 27.7 Å². The van der Waals surface area contributed by atoms with Crippen molar-refractivity contribution in [1.82, 2.24) is 0 Å². The number of carbonyl (C=O) groups excluding carboxylic acids is 1. The molecule has 2 bridgehead atoms. The molecular formula is C32H50O9. The summed E-state index contributed by atoms with van der Waals surface area (Å²) in [6.45, 7) is 12.2. The third kappa shape index (κ3) is 4.20. The van der Waals surface area contributed by atoms with Crippen LogP contribution in [0.5, 0.6) is 0 Å². The smallest absolute Gasteiger partial charge is 0.201 e. The van der Waals surface area contributed by atoms with E-state index in [2.05, 4.69) is 20.8 Å². The highest BCUT2D eigenvalue weighted by molar-refractivity contribution is 5.84. The monoisotopic (exact) mass is 578 g/mol. The van der Waals surface area contributed by atoms with Crippen molar-refractivity contribution in [3.8, 4) is 0 Å². The van der Waals surface area contributed by atoms with E-state index in [0.717, 1.165) is 38.5 Å². The van der Waals surface area contributed by atoms with Crippen molar-refractivity contribution in [1.29, 1.82) is 0 Å². The average Bonchev–Trinajstić information content (AvgIpc) is 3.19. The SMILES string of the molecule is C[C@H]1[C@@H](C(=O)C[C@H]2O[C@@H]3O[C@@]4(C)CCC5[C@H](C)CC[C@@H]([C@H]2C)[C@]53OO4)O[C@@H]2O[C@](C)(O)CCC3[C@H](C)CC[C@@H]1[C@]32O. The Balaban J connectivity index is 1.14. The van der Waals surface area contributed by atoms with Crippen molar-refractivity contribution in [3.05, 3.63) is 0 Å². The lowest BCUT2D eigenvalue weighted by Crippen LogP contribution is -2.70. The first-order valence-corrected chi connectivity index (χ1v) is 16.3. The molecule has 16 atom stereocenters. The van der Waals surface area contributed by atoms with Crippen LogP contribution in [0.25, 0.3) is 0 Å². The van der Waals surface area contributed by atoms with Gasteiger partial charge in [0, 0.05) is 25.2 Å². The van der Waals surface area contributed by atoms with Gasteiger partial charge in [-0.25, -0.2) is 9.78 Å². The van der Waals surface area contributed by atoms with E-state index in [-0.39, 0.29) is 59.7 Å². The van der Waals surface area contributed by atoms with Crippen LogP contribution in [-0.4, -0.2) is 63.6 Å². The summed E-state index contributed by atoms with van der Waals surface area (Å²) in [5.41, 5.74) is -1.89. The molecule has 6 saturated heterocycles. The van der Waals surface area contributed by atoms with Crippen molar-refractivity contribution in [2.24, 2.45) is 47.3 Å². The lowest BCUT2D eigenvalue weighted by molar-refractivity contribution is -0.570. The van der Waals surface area contributed by atoms with E-state index in [1.54, 1.807) is 6.92 Å². The molecule has 1 spiro atoms. The fourth-order valence-corrected chi connectivity index (χ4v) is 10.5. The van der Waals surface area contributed by atoms with Crippen LogP contribution in [-0.2, 0) is 33.5 Å². The molecule has 6 heterocycles. The van der Waals surface area contributed by atoms with Gasteiger partial charge in [0.25, 0.3) is 0 Å². The summed E-state index contributed by atoms with van der Waals surface area (Å²) in [7, 11) is 0. The number of Topliss-reactive ketones (excluding diaryl/α,β-unsaturated/α-hetero) is 1. The maximum absolute atomic E-state index is 14.1. The van der Waals surface area contributed by atoms with Gasteiger partial charge >= 0.3 is 0 Å². The van der Waals surface area contributed by atoms with Crippen LogP contribution < -0.4 is 0 Å².